The molecule has 1 amide bonds. The van der Waals surface area contributed by atoms with Crippen LogP contribution in [0.2, 0.25) is 0 Å². The summed E-state index contributed by atoms with van der Waals surface area (Å²) in [5, 5.41) is 4.92. The molecule has 1 aliphatic carbocycles. The SMILES string of the molecule is CC(C)(C)OC(=O)N1CCC(n2nc(OCc3ccccc3)c3c2CCCC3)CC1. The van der Waals surface area contributed by atoms with Gasteiger partial charge >= 0.3 is 6.09 Å². The van der Waals surface area contributed by atoms with Crippen LogP contribution in [0.3, 0.4) is 0 Å². The van der Waals surface area contributed by atoms with Crippen LogP contribution in [0.15, 0.2) is 30.3 Å². The van der Waals surface area contributed by atoms with Crippen molar-refractivity contribution in [2.75, 3.05) is 13.1 Å². The van der Waals surface area contributed by atoms with Gasteiger partial charge in [-0.15, -0.1) is 5.10 Å². The molecule has 0 atom stereocenters. The first-order valence-electron chi connectivity index (χ1n) is 11.2. The van der Waals surface area contributed by atoms with Crippen LogP contribution in [-0.4, -0.2) is 39.5 Å². The predicted octanol–water partition coefficient (Wildman–Crippen LogP) is 4.91. The van der Waals surface area contributed by atoms with E-state index in [2.05, 4.69) is 16.8 Å². The fourth-order valence-corrected chi connectivity index (χ4v) is 4.35. The number of benzene rings is 1. The van der Waals surface area contributed by atoms with Crippen LogP contribution in [0, 0.1) is 0 Å². The summed E-state index contributed by atoms with van der Waals surface area (Å²) in [5.74, 6) is 0.795. The normalized spacial score (nSPS) is 17.5. The predicted molar refractivity (Wildman–Crippen MR) is 116 cm³/mol. The monoisotopic (exact) mass is 411 g/mol. The highest BCUT2D eigenvalue weighted by Gasteiger charge is 2.31. The van der Waals surface area contributed by atoms with Crippen LogP contribution >= 0.6 is 0 Å². The topological polar surface area (TPSA) is 56.6 Å². The summed E-state index contributed by atoms with van der Waals surface area (Å²) in [6.07, 6.45) is 6.07. The van der Waals surface area contributed by atoms with Gasteiger partial charge in [-0.25, -0.2) is 4.79 Å². The number of rotatable bonds is 4. The van der Waals surface area contributed by atoms with Gasteiger partial charge in [-0.2, -0.15) is 0 Å². The van der Waals surface area contributed by atoms with Gasteiger partial charge in [0.25, 0.3) is 0 Å². The summed E-state index contributed by atoms with van der Waals surface area (Å²) >= 11 is 0. The Morgan fingerprint density at radius 1 is 1.10 bits per heavy atom. The first kappa shape index (κ1) is 20.8. The maximum Gasteiger partial charge on any atom is 0.410 e. The Balaban J connectivity index is 1.44. The van der Waals surface area contributed by atoms with E-state index in [1.165, 1.54) is 24.1 Å². The molecule has 1 fully saturated rings. The van der Waals surface area contributed by atoms with Crippen molar-refractivity contribution in [3.05, 3.63) is 47.2 Å². The summed E-state index contributed by atoms with van der Waals surface area (Å²) < 4.78 is 13.9. The molecule has 6 nitrogen and oxygen atoms in total. The Morgan fingerprint density at radius 2 is 1.80 bits per heavy atom. The van der Waals surface area contributed by atoms with Gasteiger partial charge in [0, 0.05) is 24.3 Å². The van der Waals surface area contributed by atoms with E-state index in [1.54, 1.807) is 0 Å². The molecule has 1 saturated heterocycles. The third-order valence-corrected chi connectivity index (χ3v) is 5.85. The number of hydrogen-bond donors (Lipinski definition) is 0. The van der Waals surface area contributed by atoms with E-state index < -0.39 is 5.60 Å². The lowest BCUT2D eigenvalue weighted by Crippen LogP contribution is -2.42. The quantitative estimate of drug-likeness (QED) is 0.717. The summed E-state index contributed by atoms with van der Waals surface area (Å²) in [6, 6.07) is 10.6. The van der Waals surface area contributed by atoms with Crippen LogP contribution in [0.4, 0.5) is 4.79 Å². The van der Waals surface area contributed by atoms with Crippen molar-refractivity contribution in [1.29, 1.82) is 0 Å². The van der Waals surface area contributed by atoms with Crippen molar-refractivity contribution >= 4 is 6.09 Å². The summed E-state index contributed by atoms with van der Waals surface area (Å²) in [5.41, 5.74) is 3.31. The second kappa shape index (κ2) is 8.70. The smallest absolute Gasteiger partial charge is 0.410 e. The zero-order valence-electron chi connectivity index (χ0n) is 18.4. The molecule has 1 aromatic carbocycles. The van der Waals surface area contributed by atoms with E-state index in [9.17, 15) is 4.79 Å². The van der Waals surface area contributed by atoms with E-state index in [4.69, 9.17) is 14.6 Å². The number of carbonyl (C=O) groups excluding carboxylic acids is 1. The highest BCUT2D eigenvalue weighted by atomic mass is 16.6. The molecule has 0 radical (unpaired) electrons. The minimum absolute atomic E-state index is 0.213. The van der Waals surface area contributed by atoms with Crippen molar-refractivity contribution in [2.45, 2.75) is 77.5 Å². The van der Waals surface area contributed by atoms with Crippen molar-refractivity contribution in [2.24, 2.45) is 0 Å². The maximum absolute atomic E-state index is 12.4. The van der Waals surface area contributed by atoms with Gasteiger partial charge in [-0.05, 0) is 64.9 Å². The van der Waals surface area contributed by atoms with Crippen LogP contribution in [0.1, 0.15) is 69.3 Å². The van der Waals surface area contributed by atoms with Gasteiger partial charge in [0.1, 0.15) is 12.2 Å². The van der Waals surface area contributed by atoms with Gasteiger partial charge < -0.3 is 14.4 Å². The first-order chi connectivity index (χ1) is 14.4. The minimum atomic E-state index is -0.458. The third kappa shape index (κ3) is 4.79. The van der Waals surface area contributed by atoms with Crippen LogP contribution in [-0.2, 0) is 24.2 Å². The molecule has 2 aliphatic rings. The Hall–Kier alpha value is -2.50. The lowest BCUT2D eigenvalue weighted by molar-refractivity contribution is 0.0183. The van der Waals surface area contributed by atoms with Gasteiger partial charge in [0.05, 0.1) is 6.04 Å². The molecule has 0 N–H and O–H groups in total. The van der Waals surface area contributed by atoms with Crippen molar-refractivity contribution < 1.29 is 14.3 Å². The zero-order valence-corrected chi connectivity index (χ0v) is 18.4. The molecule has 30 heavy (non-hydrogen) atoms. The highest BCUT2D eigenvalue weighted by molar-refractivity contribution is 5.68. The maximum atomic E-state index is 12.4. The second-order valence-electron chi connectivity index (χ2n) is 9.35. The molecule has 1 aromatic heterocycles. The van der Waals surface area contributed by atoms with Crippen LogP contribution in [0.5, 0.6) is 5.88 Å². The molecule has 2 heterocycles. The average Bonchev–Trinajstić information content (AvgIpc) is 3.11. The fourth-order valence-electron chi connectivity index (χ4n) is 4.35. The van der Waals surface area contributed by atoms with Gasteiger partial charge in [-0.1, -0.05) is 30.3 Å². The average molecular weight is 412 g/mol. The van der Waals surface area contributed by atoms with Gasteiger partial charge in [0.2, 0.25) is 5.88 Å². The number of likely N-dealkylation sites (tertiary alicyclic amines) is 1. The first-order valence-corrected chi connectivity index (χ1v) is 11.2. The van der Waals surface area contributed by atoms with Crippen LogP contribution < -0.4 is 4.74 Å². The molecule has 2 aromatic rings. The van der Waals surface area contributed by atoms with Crippen LogP contribution in [0.25, 0.3) is 0 Å². The Kier molecular flexibility index (Phi) is 6.02. The van der Waals surface area contributed by atoms with E-state index in [0.29, 0.717) is 25.7 Å². The Morgan fingerprint density at radius 3 is 2.50 bits per heavy atom. The number of hydrogen-bond acceptors (Lipinski definition) is 4. The van der Waals surface area contributed by atoms with E-state index in [0.717, 1.165) is 37.1 Å². The molecule has 4 rings (SSSR count). The minimum Gasteiger partial charge on any atom is -0.472 e. The molecule has 1 aliphatic heterocycles. The van der Waals surface area contributed by atoms with E-state index in [1.807, 2.05) is 43.9 Å². The summed E-state index contributed by atoms with van der Waals surface area (Å²) in [4.78, 5) is 14.2. The second-order valence-corrected chi connectivity index (χ2v) is 9.35. The molecule has 0 bridgehead atoms. The number of amides is 1. The number of carbonyl (C=O) groups is 1. The highest BCUT2D eigenvalue weighted by Crippen LogP contribution is 2.34. The number of piperidine rings is 1. The summed E-state index contributed by atoms with van der Waals surface area (Å²) in [6.45, 7) is 7.67. The number of fused-ring (bicyclic) bond motifs is 1. The standard InChI is InChI=1S/C24H33N3O3/c1-24(2,3)30-23(28)26-15-13-19(14-16-26)27-21-12-8-7-11-20(21)22(25-27)29-17-18-9-5-4-6-10-18/h4-6,9-10,19H,7-8,11-17H2,1-3H3. The number of ether oxygens (including phenoxy) is 2. The molecule has 0 spiro atoms. The zero-order chi connectivity index (χ0) is 21.1. The molecule has 0 unspecified atom stereocenters. The van der Waals surface area contributed by atoms with Crippen molar-refractivity contribution in [3.63, 3.8) is 0 Å². The molecule has 0 saturated carbocycles. The van der Waals surface area contributed by atoms with Gasteiger partial charge in [0.15, 0.2) is 0 Å². The molecule has 162 valence electrons. The largest absolute Gasteiger partial charge is 0.472 e. The number of aromatic nitrogens is 2. The Labute approximate surface area is 179 Å². The fraction of sp³-hybridized carbons (Fsp3) is 0.583. The Bertz CT molecular complexity index is 862. The van der Waals surface area contributed by atoms with Crippen molar-refractivity contribution in [1.82, 2.24) is 14.7 Å². The lowest BCUT2D eigenvalue weighted by atomic mass is 9.96. The van der Waals surface area contributed by atoms with Gasteiger partial charge in [-0.3, -0.25) is 4.68 Å². The van der Waals surface area contributed by atoms with Crippen molar-refractivity contribution in [3.8, 4) is 5.88 Å². The molecule has 6 heteroatoms. The third-order valence-electron chi connectivity index (χ3n) is 5.85. The molecular weight excluding hydrogens is 378 g/mol. The number of nitrogens with zero attached hydrogens (tertiary/aromatic N) is 3. The molecular formula is C24H33N3O3. The lowest BCUT2D eigenvalue weighted by Gasteiger charge is -2.34. The van der Waals surface area contributed by atoms with E-state index in [-0.39, 0.29) is 6.09 Å². The van der Waals surface area contributed by atoms with E-state index >= 15 is 0 Å². The summed E-state index contributed by atoms with van der Waals surface area (Å²) in [7, 11) is 0.